The fourth-order valence-corrected chi connectivity index (χ4v) is 5.88. The molecule has 1 saturated carbocycles. The van der Waals surface area contributed by atoms with Crippen LogP contribution in [0.4, 0.5) is 0 Å². The Kier molecular flexibility index (Phi) is 9.76. The number of aryl methyl sites for hydroxylation is 1. The van der Waals surface area contributed by atoms with Crippen molar-refractivity contribution in [2.24, 2.45) is 5.73 Å². The number of benzene rings is 1. The third kappa shape index (κ3) is 7.51. The van der Waals surface area contributed by atoms with Gasteiger partial charge in [-0.25, -0.2) is 0 Å². The first-order valence-electron chi connectivity index (χ1n) is 13.8. The van der Waals surface area contributed by atoms with Crippen LogP contribution in [0.2, 0.25) is 0 Å². The van der Waals surface area contributed by atoms with E-state index in [1.54, 1.807) is 11.8 Å². The van der Waals surface area contributed by atoms with Crippen molar-refractivity contribution in [3.8, 4) is 0 Å². The van der Waals surface area contributed by atoms with Crippen molar-refractivity contribution in [3.05, 3.63) is 35.4 Å². The van der Waals surface area contributed by atoms with E-state index in [1.165, 1.54) is 11.1 Å². The van der Waals surface area contributed by atoms with Gasteiger partial charge in [-0.2, -0.15) is 0 Å². The van der Waals surface area contributed by atoms with E-state index in [2.05, 4.69) is 46.3 Å². The second-order valence-electron chi connectivity index (χ2n) is 10.9. The largest absolute Gasteiger partial charge is 0.379 e. The van der Waals surface area contributed by atoms with Crippen LogP contribution < -0.4 is 11.1 Å². The maximum atomic E-state index is 13.5. The molecule has 0 aromatic heterocycles. The van der Waals surface area contributed by atoms with Gasteiger partial charge in [0.25, 0.3) is 0 Å². The Balaban J connectivity index is 1.45. The molecular weight excluding hydrogens is 454 g/mol. The summed E-state index contributed by atoms with van der Waals surface area (Å²) >= 11 is 0. The van der Waals surface area contributed by atoms with Crippen molar-refractivity contribution < 1.29 is 14.3 Å². The second-order valence-corrected chi connectivity index (χ2v) is 10.9. The monoisotopic (exact) mass is 499 g/mol. The van der Waals surface area contributed by atoms with Crippen LogP contribution in [0.5, 0.6) is 0 Å². The molecule has 0 spiro atoms. The number of nitrogens with two attached hydrogens (primary N) is 1. The molecule has 0 radical (unpaired) electrons. The minimum absolute atomic E-state index is 0.00108. The first kappa shape index (κ1) is 27.0. The smallest absolute Gasteiger partial charge is 0.243 e. The Morgan fingerprint density at radius 2 is 1.75 bits per heavy atom. The third-order valence-corrected chi connectivity index (χ3v) is 8.23. The molecule has 2 aliphatic heterocycles. The standard InChI is InChI=1S/C28H45N5O3/c1-21-3-5-23(6-4-21)20-32(14-13-31-15-17-36-18-16-31)26-11-12-33(22(2)34)27(19-26)28(35)30-25-9-7-24(29)8-10-25/h3-6,24-27H,7-20,29H2,1-2H3,(H,30,35)/t24?,25?,26?,27-/m1/s1. The SMILES string of the molecule is CC(=O)N1CCC(N(CCN2CCOCC2)Cc2ccc(C)cc2)C[C@@H]1C(=O)NC1CCC(N)CC1. The van der Waals surface area contributed by atoms with E-state index in [0.717, 1.165) is 78.0 Å². The van der Waals surface area contributed by atoms with Gasteiger partial charge in [0.15, 0.2) is 0 Å². The lowest BCUT2D eigenvalue weighted by molar-refractivity contribution is -0.142. The normalized spacial score (nSPS) is 27.7. The van der Waals surface area contributed by atoms with Gasteiger partial charge < -0.3 is 20.7 Å². The summed E-state index contributed by atoms with van der Waals surface area (Å²) in [6.45, 7) is 10.6. The minimum atomic E-state index is -0.416. The lowest BCUT2D eigenvalue weighted by atomic mass is 9.90. The van der Waals surface area contributed by atoms with Crippen LogP contribution in [0, 0.1) is 6.92 Å². The van der Waals surface area contributed by atoms with E-state index in [-0.39, 0.29) is 29.9 Å². The van der Waals surface area contributed by atoms with E-state index in [1.807, 2.05) is 0 Å². The van der Waals surface area contributed by atoms with Crippen LogP contribution in [0.1, 0.15) is 56.6 Å². The third-order valence-electron chi connectivity index (χ3n) is 8.23. The molecule has 1 unspecified atom stereocenters. The lowest BCUT2D eigenvalue weighted by Gasteiger charge is -2.43. The molecule has 1 aromatic carbocycles. The Bertz CT molecular complexity index is 849. The number of piperidine rings is 1. The first-order valence-corrected chi connectivity index (χ1v) is 13.8. The summed E-state index contributed by atoms with van der Waals surface area (Å²) in [5, 5.41) is 3.26. The number of hydrogen-bond donors (Lipinski definition) is 2. The van der Waals surface area contributed by atoms with Crippen LogP contribution >= 0.6 is 0 Å². The van der Waals surface area contributed by atoms with Gasteiger partial charge in [0.1, 0.15) is 6.04 Å². The molecule has 2 atom stereocenters. The number of likely N-dealkylation sites (tertiary alicyclic amines) is 1. The van der Waals surface area contributed by atoms with Gasteiger partial charge in [-0.05, 0) is 51.0 Å². The molecule has 2 heterocycles. The second kappa shape index (κ2) is 13.0. The van der Waals surface area contributed by atoms with Gasteiger partial charge in [-0.1, -0.05) is 29.8 Å². The van der Waals surface area contributed by atoms with Crippen LogP contribution in [0.15, 0.2) is 24.3 Å². The van der Waals surface area contributed by atoms with E-state index in [4.69, 9.17) is 10.5 Å². The predicted molar refractivity (Wildman–Crippen MR) is 141 cm³/mol. The Morgan fingerprint density at radius 1 is 1.06 bits per heavy atom. The van der Waals surface area contributed by atoms with Crippen molar-refractivity contribution in [2.45, 2.75) is 83.1 Å². The maximum absolute atomic E-state index is 13.5. The topological polar surface area (TPSA) is 91.1 Å². The number of ether oxygens (including phenoxy) is 1. The zero-order chi connectivity index (χ0) is 25.5. The molecular formula is C28H45N5O3. The average Bonchev–Trinajstić information content (AvgIpc) is 2.89. The summed E-state index contributed by atoms with van der Waals surface area (Å²) in [4.78, 5) is 32.7. The van der Waals surface area contributed by atoms with Crippen LogP contribution in [-0.4, -0.2) is 96.6 Å². The molecule has 200 valence electrons. The fraction of sp³-hybridized carbons (Fsp3) is 0.714. The van der Waals surface area contributed by atoms with Gasteiger partial charge in [-0.3, -0.25) is 19.4 Å². The van der Waals surface area contributed by atoms with Crippen LogP contribution in [-0.2, 0) is 20.9 Å². The Labute approximate surface area is 216 Å². The molecule has 1 aliphatic carbocycles. The van der Waals surface area contributed by atoms with E-state index in [0.29, 0.717) is 13.0 Å². The number of carbonyl (C=O) groups is 2. The summed E-state index contributed by atoms with van der Waals surface area (Å²) in [5.41, 5.74) is 8.60. The van der Waals surface area contributed by atoms with Crippen molar-refractivity contribution in [2.75, 3.05) is 45.9 Å². The number of morpholine rings is 1. The van der Waals surface area contributed by atoms with Crippen molar-refractivity contribution >= 4 is 11.8 Å². The zero-order valence-electron chi connectivity index (χ0n) is 22.2. The van der Waals surface area contributed by atoms with Crippen molar-refractivity contribution in [3.63, 3.8) is 0 Å². The van der Waals surface area contributed by atoms with Gasteiger partial charge in [0.05, 0.1) is 13.2 Å². The highest BCUT2D eigenvalue weighted by molar-refractivity contribution is 5.87. The highest BCUT2D eigenvalue weighted by Gasteiger charge is 2.38. The van der Waals surface area contributed by atoms with Gasteiger partial charge in [-0.15, -0.1) is 0 Å². The van der Waals surface area contributed by atoms with Gasteiger partial charge in [0, 0.05) is 64.3 Å². The van der Waals surface area contributed by atoms with E-state index in [9.17, 15) is 9.59 Å². The van der Waals surface area contributed by atoms with Crippen molar-refractivity contribution in [1.29, 1.82) is 0 Å². The lowest BCUT2D eigenvalue weighted by Crippen LogP contribution is -2.58. The Morgan fingerprint density at radius 3 is 2.42 bits per heavy atom. The number of rotatable bonds is 8. The highest BCUT2D eigenvalue weighted by Crippen LogP contribution is 2.25. The molecule has 1 aromatic rings. The zero-order valence-corrected chi connectivity index (χ0v) is 22.2. The molecule has 3 N–H and O–H groups in total. The van der Waals surface area contributed by atoms with E-state index < -0.39 is 6.04 Å². The van der Waals surface area contributed by atoms with Crippen molar-refractivity contribution in [1.82, 2.24) is 20.0 Å². The highest BCUT2D eigenvalue weighted by atomic mass is 16.5. The molecule has 2 saturated heterocycles. The quantitative estimate of drug-likeness (QED) is 0.568. The summed E-state index contributed by atoms with van der Waals surface area (Å²) < 4.78 is 5.53. The van der Waals surface area contributed by atoms with Gasteiger partial charge >= 0.3 is 0 Å². The molecule has 3 aliphatic rings. The number of carbonyl (C=O) groups excluding carboxylic acids is 2. The molecule has 4 rings (SSSR count). The fourth-order valence-electron chi connectivity index (χ4n) is 5.88. The maximum Gasteiger partial charge on any atom is 0.243 e. The molecule has 0 bridgehead atoms. The number of amides is 2. The first-order chi connectivity index (χ1) is 17.4. The minimum Gasteiger partial charge on any atom is -0.379 e. The number of nitrogens with one attached hydrogen (secondary N) is 1. The average molecular weight is 500 g/mol. The van der Waals surface area contributed by atoms with Crippen LogP contribution in [0.25, 0.3) is 0 Å². The van der Waals surface area contributed by atoms with E-state index >= 15 is 0 Å². The molecule has 8 heteroatoms. The molecule has 8 nitrogen and oxygen atoms in total. The summed E-state index contributed by atoms with van der Waals surface area (Å²) in [6, 6.07) is 8.99. The van der Waals surface area contributed by atoms with Gasteiger partial charge in [0.2, 0.25) is 11.8 Å². The van der Waals surface area contributed by atoms with Crippen LogP contribution in [0.3, 0.4) is 0 Å². The predicted octanol–water partition coefficient (Wildman–Crippen LogP) is 1.89. The number of nitrogens with zero attached hydrogens (tertiary/aromatic N) is 3. The molecule has 2 amide bonds. The number of hydrogen-bond acceptors (Lipinski definition) is 6. The molecule has 36 heavy (non-hydrogen) atoms. The molecule has 3 fully saturated rings. The Hall–Kier alpha value is -2.00. The summed E-state index contributed by atoms with van der Waals surface area (Å²) in [5.74, 6) is -0.0171. The summed E-state index contributed by atoms with van der Waals surface area (Å²) in [6.07, 6.45) is 5.29. The summed E-state index contributed by atoms with van der Waals surface area (Å²) in [7, 11) is 0.